The van der Waals surface area contributed by atoms with Gasteiger partial charge in [0.2, 0.25) is 0 Å². The molecule has 1 aliphatic rings. The van der Waals surface area contributed by atoms with E-state index in [4.69, 9.17) is 4.52 Å². The van der Waals surface area contributed by atoms with E-state index in [1.165, 1.54) is 0 Å². The predicted molar refractivity (Wildman–Crippen MR) is 68.2 cm³/mol. The molecule has 0 spiro atoms. The van der Waals surface area contributed by atoms with Gasteiger partial charge in [0.25, 0.3) is 5.91 Å². The van der Waals surface area contributed by atoms with E-state index in [0.29, 0.717) is 37.4 Å². The summed E-state index contributed by atoms with van der Waals surface area (Å²) >= 11 is 1.57. The van der Waals surface area contributed by atoms with Crippen molar-refractivity contribution in [2.24, 2.45) is 0 Å². The fraction of sp³-hybridized carbons (Fsp3) is 0.583. The molecular formula is C12H15N3O2S. The van der Waals surface area contributed by atoms with Crippen molar-refractivity contribution >= 4 is 17.7 Å². The van der Waals surface area contributed by atoms with Gasteiger partial charge in [-0.15, -0.1) is 11.8 Å². The SMILES string of the molecule is CSC1(C#N)CCN(C(=O)c2cc(C)on2)CC1. The van der Waals surface area contributed by atoms with E-state index in [1.807, 2.05) is 6.26 Å². The second-order valence-corrected chi connectivity index (χ2v) is 5.61. The summed E-state index contributed by atoms with van der Waals surface area (Å²) in [6, 6.07) is 4.00. The Bertz CT molecular complexity index is 484. The van der Waals surface area contributed by atoms with E-state index in [2.05, 4.69) is 11.2 Å². The maximum atomic E-state index is 12.1. The summed E-state index contributed by atoms with van der Waals surface area (Å²) in [6.45, 7) is 2.95. The number of likely N-dealkylation sites (tertiary alicyclic amines) is 1. The number of nitrogens with zero attached hydrogens (tertiary/aromatic N) is 3. The van der Waals surface area contributed by atoms with E-state index in [-0.39, 0.29) is 10.7 Å². The zero-order chi connectivity index (χ0) is 13.2. The maximum absolute atomic E-state index is 12.1. The van der Waals surface area contributed by atoms with Crippen molar-refractivity contribution in [2.45, 2.75) is 24.5 Å². The molecule has 2 rings (SSSR count). The van der Waals surface area contributed by atoms with Gasteiger partial charge in [0.1, 0.15) is 10.5 Å². The summed E-state index contributed by atoms with van der Waals surface area (Å²) in [4.78, 5) is 13.9. The molecule has 5 nitrogen and oxygen atoms in total. The van der Waals surface area contributed by atoms with E-state index >= 15 is 0 Å². The van der Waals surface area contributed by atoms with Crippen molar-refractivity contribution in [2.75, 3.05) is 19.3 Å². The third kappa shape index (κ3) is 2.36. The Morgan fingerprint density at radius 3 is 2.72 bits per heavy atom. The molecular weight excluding hydrogens is 250 g/mol. The normalized spacial score (nSPS) is 18.4. The molecule has 6 heteroatoms. The van der Waals surface area contributed by atoms with Crippen LogP contribution in [0.2, 0.25) is 0 Å². The van der Waals surface area contributed by atoms with Gasteiger partial charge in [-0.05, 0) is 26.0 Å². The molecule has 0 aromatic carbocycles. The zero-order valence-electron chi connectivity index (χ0n) is 10.5. The molecule has 0 unspecified atom stereocenters. The molecule has 0 radical (unpaired) electrons. The van der Waals surface area contributed by atoms with Gasteiger partial charge in [-0.1, -0.05) is 5.16 Å². The van der Waals surface area contributed by atoms with Crippen molar-refractivity contribution in [1.82, 2.24) is 10.1 Å². The van der Waals surface area contributed by atoms with Crippen LogP contribution in [0.15, 0.2) is 10.6 Å². The van der Waals surface area contributed by atoms with Crippen LogP contribution in [-0.2, 0) is 0 Å². The number of rotatable bonds is 2. The Morgan fingerprint density at radius 1 is 1.61 bits per heavy atom. The van der Waals surface area contributed by atoms with Gasteiger partial charge in [-0.25, -0.2) is 0 Å². The Kier molecular flexibility index (Phi) is 3.62. The van der Waals surface area contributed by atoms with Crippen LogP contribution >= 0.6 is 11.8 Å². The van der Waals surface area contributed by atoms with E-state index in [1.54, 1.807) is 29.7 Å². The lowest BCUT2D eigenvalue weighted by Gasteiger charge is -2.35. The third-order valence-electron chi connectivity index (χ3n) is 3.30. The van der Waals surface area contributed by atoms with E-state index in [0.717, 1.165) is 0 Å². The van der Waals surface area contributed by atoms with Crippen molar-refractivity contribution in [3.63, 3.8) is 0 Å². The number of carbonyl (C=O) groups is 1. The molecule has 1 amide bonds. The van der Waals surface area contributed by atoms with E-state index in [9.17, 15) is 10.1 Å². The van der Waals surface area contributed by atoms with Crippen LogP contribution < -0.4 is 0 Å². The summed E-state index contributed by atoms with van der Waals surface area (Å²) in [5.74, 6) is 0.519. The number of aryl methyl sites for hydroxylation is 1. The van der Waals surface area contributed by atoms with Gasteiger partial charge in [0.05, 0.1) is 6.07 Å². The summed E-state index contributed by atoms with van der Waals surface area (Å²) in [5.41, 5.74) is 0.348. The summed E-state index contributed by atoms with van der Waals surface area (Å²) in [6.07, 6.45) is 3.35. The molecule has 0 saturated carbocycles. The van der Waals surface area contributed by atoms with Crippen LogP contribution in [0.5, 0.6) is 0 Å². The first-order chi connectivity index (χ1) is 8.60. The highest BCUT2D eigenvalue weighted by molar-refractivity contribution is 8.00. The van der Waals surface area contributed by atoms with Gasteiger partial charge in [-0.3, -0.25) is 4.79 Å². The van der Waals surface area contributed by atoms with Crippen molar-refractivity contribution in [1.29, 1.82) is 5.26 Å². The van der Waals surface area contributed by atoms with Crippen LogP contribution in [0.3, 0.4) is 0 Å². The average molecular weight is 265 g/mol. The summed E-state index contributed by atoms with van der Waals surface area (Å²) in [7, 11) is 0. The second kappa shape index (κ2) is 5.02. The van der Waals surface area contributed by atoms with Crippen LogP contribution in [-0.4, -0.2) is 40.1 Å². The zero-order valence-corrected chi connectivity index (χ0v) is 11.3. The van der Waals surface area contributed by atoms with Crippen LogP contribution in [0.1, 0.15) is 29.1 Å². The molecule has 96 valence electrons. The Balaban J connectivity index is 2.02. The molecule has 1 aromatic heterocycles. The van der Waals surface area contributed by atoms with Gasteiger partial charge in [0, 0.05) is 19.2 Å². The van der Waals surface area contributed by atoms with Crippen LogP contribution in [0, 0.1) is 18.3 Å². The first-order valence-electron chi connectivity index (χ1n) is 5.79. The number of amides is 1. The molecule has 0 N–H and O–H groups in total. The quantitative estimate of drug-likeness (QED) is 0.816. The minimum absolute atomic E-state index is 0.112. The third-order valence-corrected chi connectivity index (χ3v) is 4.58. The number of aromatic nitrogens is 1. The maximum Gasteiger partial charge on any atom is 0.276 e. The Labute approximate surface area is 110 Å². The van der Waals surface area contributed by atoms with Crippen molar-refractivity contribution < 1.29 is 9.32 Å². The Morgan fingerprint density at radius 2 is 2.28 bits per heavy atom. The number of thioether (sulfide) groups is 1. The minimum atomic E-state index is -0.337. The molecule has 18 heavy (non-hydrogen) atoms. The summed E-state index contributed by atoms with van der Waals surface area (Å²) in [5, 5.41) is 12.9. The molecule has 0 bridgehead atoms. The molecule has 1 aliphatic heterocycles. The lowest BCUT2D eigenvalue weighted by molar-refractivity contribution is 0.0706. The molecule has 2 heterocycles. The van der Waals surface area contributed by atoms with Crippen molar-refractivity contribution in [3.05, 3.63) is 17.5 Å². The number of hydrogen-bond acceptors (Lipinski definition) is 5. The first-order valence-corrected chi connectivity index (χ1v) is 7.02. The van der Waals surface area contributed by atoms with Gasteiger partial charge in [-0.2, -0.15) is 5.26 Å². The van der Waals surface area contributed by atoms with Gasteiger partial charge >= 0.3 is 0 Å². The predicted octanol–water partition coefficient (Wildman–Crippen LogP) is 1.84. The minimum Gasteiger partial charge on any atom is -0.361 e. The first kappa shape index (κ1) is 13.0. The number of hydrogen-bond donors (Lipinski definition) is 0. The lowest BCUT2D eigenvalue weighted by Crippen LogP contribution is -2.44. The highest BCUT2D eigenvalue weighted by atomic mass is 32.2. The van der Waals surface area contributed by atoms with Crippen molar-refractivity contribution in [3.8, 4) is 6.07 Å². The fourth-order valence-corrected chi connectivity index (χ4v) is 2.74. The number of nitriles is 1. The van der Waals surface area contributed by atoms with Crippen LogP contribution in [0.4, 0.5) is 0 Å². The largest absolute Gasteiger partial charge is 0.361 e. The highest BCUT2D eigenvalue weighted by Crippen LogP contribution is 2.34. The van der Waals surface area contributed by atoms with Crippen LogP contribution in [0.25, 0.3) is 0 Å². The smallest absolute Gasteiger partial charge is 0.276 e. The molecule has 0 aliphatic carbocycles. The highest BCUT2D eigenvalue weighted by Gasteiger charge is 2.36. The monoisotopic (exact) mass is 265 g/mol. The van der Waals surface area contributed by atoms with Gasteiger partial charge in [0.15, 0.2) is 5.69 Å². The molecule has 1 fully saturated rings. The average Bonchev–Trinajstić information content (AvgIpc) is 2.85. The lowest BCUT2D eigenvalue weighted by atomic mass is 9.97. The number of carbonyl (C=O) groups excluding carboxylic acids is 1. The second-order valence-electron chi connectivity index (χ2n) is 4.43. The van der Waals surface area contributed by atoms with E-state index < -0.39 is 0 Å². The number of piperidine rings is 1. The topological polar surface area (TPSA) is 70.1 Å². The molecule has 0 atom stereocenters. The Hall–Kier alpha value is -1.48. The standard InChI is InChI=1S/C12H15N3O2S/c1-9-7-10(14-17-9)11(16)15-5-3-12(8-13,18-2)4-6-15/h7H,3-6H2,1-2H3. The molecule has 1 saturated heterocycles. The fourth-order valence-electron chi connectivity index (χ4n) is 2.06. The molecule has 1 aromatic rings. The summed E-state index contributed by atoms with van der Waals surface area (Å²) < 4.78 is 4.57. The van der Waals surface area contributed by atoms with Gasteiger partial charge < -0.3 is 9.42 Å².